The predicted molar refractivity (Wildman–Crippen MR) is 78.1 cm³/mol. The lowest BCUT2D eigenvalue weighted by molar-refractivity contribution is 0.600. The molecule has 2 aromatic carbocycles. The number of benzene rings is 2. The average molecular weight is 325 g/mol. The Morgan fingerprint density at radius 1 is 1.24 bits per heavy atom. The summed E-state index contributed by atoms with van der Waals surface area (Å²) >= 11 is 5.80. The van der Waals surface area contributed by atoms with Crippen LogP contribution in [-0.2, 0) is 10.0 Å². The van der Waals surface area contributed by atoms with Gasteiger partial charge in [-0.15, -0.1) is 0 Å². The molecule has 0 spiro atoms. The van der Waals surface area contributed by atoms with Crippen molar-refractivity contribution in [2.24, 2.45) is 0 Å². The van der Waals surface area contributed by atoms with Crippen LogP contribution in [0.15, 0.2) is 41.3 Å². The molecule has 0 radical (unpaired) electrons. The van der Waals surface area contributed by atoms with E-state index in [9.17, 15) is 12.8 Å². The first kappa shape index (κ1) is 15.3. The van der Waals surface area contributed by atoms with Gasteiger partial charge in [-0.25, -0.2) is 12.8 Å². The van der Waals surface area contributed by atoms with E-state index in [1.54, 1.807) is 13.0 Å². The number of hydrogen-bond donors (Lipinski definition) is 1. The fraction of sp³-hybridized carbons (Fsp3) is 0.0714. The van der Waals surface area contributed by atoms with Crippen molar-refractivity contribution >= 4 is 27.3 Å². The molecule has 0 aliphatic carbocycles. The van der Waals surface area contributed by atoms with E-state index in [1.165, 1.54) is 18.2 Å². The van der Waals surface area contributed by atoms with Gasteiger partial charge in [-0.3, -0.25) is 4.72 Å². The van der Waals surface area contributed by atoms with Crippen molar-refractivity contribution in [3.05, 3.63) is 58.4 Å². The minimum absolute atomic E-state index is 0.0260. The summed E-state index contributed by atoms with van der Waals surface area (Å²) in [6, 6.07) is 9.57. The minimum Gasteiger partial charge on any atom is -0.278 e. The number of nitrogens with one attached hydrogen (secondary N) is 1. The maximum Gasteiger partial charge on any atom is 0.262 e. The lowest BCUT2D eigenvalue weighted by Crippen LogP contribution is -2.14. The van der Waals surface area contributed by atoms with Crippen LogP contribution in [0.5, 0.6) is 0 Å². The first-order valence-corrected chi connectivity index (χ1v) is 7.68. The van der Waals surface area contributed by atoms with Crippen molar-refractivity contribution in [1.29, 1.82) is 5.26 Å². The second kappa shape index (κ2) is 5.72. The monoisotopic (exact) mass is 324 g/mol. The standard InChI is InChI=1S/C14H10ClFN2O2S/c1-9-2-3-10(8-17)6-14(9)21(19,20)18-13-5-4-11(16)7-12(13)15/h2-7,18H,1H3. The summed E-state index contributed by atoms with van der Waals surface area (Å²) in [6.45, 7) is 1.61. The highest BCUT2D eigenvalue weighted by Gasteiger charge is 2.19. The van der Waals surface area contributed by atoms with Crippen molar-refractivity contribution in [3.63, 3.8) is 0 Å². The van der Waals surface area contributed by atoms with Gasteiger partial charge >= 0.3 is 0 Å². The van der Waals surface area contributed by atoms with Gasteiger partial charge in [0.05, 0.1) is 27.2 Å². The minimum atomic E-state index is -3.92. The Bertz CT molecular complexity index is 845. The van der Waals surface area contributed by atoms with Crippen LogP contribution < -0.4 is 4.72 Å². The lowest BCUT2D eigenvalue weighted by atomic mass is 10.2. The summed E-state index contributed by atoms with van der Waals surface area (Å²) in [5.74, 6) is -0.564. The molecular weight excluding hydrogens is 315 g/mol. The summed E-state index contributed by atoms with van der Waals surface area (Å²) < 4.78 is 40.0. The van der Waals surface area contributed by atoms with Crippen LogP contribution in [0.25, 0.3) is 0 Å². The Hall–Kier alpha value is -2.10. The SMILES string of the molecule is Cc1ccc(C#N)cc1S(=O)(=O)Nc1ccc(F)cc1Cl. The van der Waals surface area contributed by atoms with Crippen LogP contribution in [0.2, 0.25) is 5.02 Å². The Balaban J connectivity index is 2.46. The van der Waals surface area contributed by atoms with Crippen molar-refractivity contribution < 1.29 is 12.8 Å². The Labute approximate surface area is 126 Å². The van der Waals surface area contributed by atoms with Gasteiger partial charge in [0.1, 0.15) is 5.82 Å². The third-order valence-electron chi connectivity index (χ3n) is 2.78. The summed E-state index contributed by atoms with van der Waals surface area (Å²) in [5.41, 5.74) is 0.783. The van der Waals surface area contributed by atoms with Gasteiger partial charge in [0.25, 0.3) is 10.0 Å². The molecule has 0 heterocycles. The highest BCUT2D eigenvalue weighted by molar-refractivity contribution is 7.92. The molecular formula is C14H10ClFN2O2S. The molecule has 0 fully saturated rings. The van der Waals surface area contributed by atoms with E-state index < -0.39 is 15.8 Å². The lowest BCUT2D eigenvalue weighted by Gasteiger charge is -2.11. The van der Waals surface area contributed by atoms with Crippen LogP contribution in [0.3, 0.4) is 0 Å². The van der Waals surface area contributed by atoms with Gasteiger partial charge in [-0.1, -0.05) is 17.7 Å². The molecule has 21 heavy (non-hydrogen) atoms. The third-order valence-corrected chi connectivity index (χ3v) is 4.60. The number of halogens is 2. The highest BCUT2D eigenvalue weighted by atomic mass is 35.5. The molecule has 0 saturated carbocycles. The second-order valence-corrected chi connectivity index (χ2v) is 6.38. The van der Waals surface area contributed by atoms with Gasteiger partial charge in [0, 0.05) is 0 Å². The molecule has 0 atom stereocenters. The maximum atomic E-state index is 13.0. The number of sulfonamides is 1. The van der Waals surface area contributed by atoms with E-state index >= 15 is 0 Å². The fourth-order valence-electron chi connectivity index (χ4n) is 1.73. The van der Waals surface area contributed by atoms with E-state index in [4.69, 9.17) is 16.9 Å². The van der Waals surface area contributed by atoms with Gasteiger partial charge in [-0.2, -0.15) is 5.26 Å². The van der Waals surface area contributed by atoms with E-state index in [1.807, 2.05) is 6.07 Å². The second-order valence-electron chi connectivity index (χ2n) is 4.32. The summed E-state index contributed by atoms with van der Waals surface area (Å²) in [7, 11) is -3.92. The van der Waals surface area contributed by atoms with Crippen molar-refractivity contribution in [2.45, 2.75) is 11.8 Å². The topological polar surface area (TPSA) is 70.0 Å². The number of rotatable bonds is 3. The van der Waals surface area contributed by atoms with Gasteiger partial charge in [0.15, 0.2) is 0 Å². The molecule has 108 valence electrons. The van der Waals surface area contributed by atoms with Crippen molar-refractivity contribution in [1.82, 2.24) is 0 Å². The van der Waals surface area contributed by atoms with Crippen LogP contribution >= 0.6 is 11.6 Å². The first-order chi connectivity index (χ1) is 9.83. The molecule has 0 aliphatic rings. The highest BCUT2D eigenvalue weighted by Crippen LogP contribution is 2.26. The smallest absolute Gasteiger partial charge is 0.262 e. The zero-order chi connectivity index (χ0) is 15.6. The van der Waals surface area contributed by atoms with Gasteiger partial charge in [0.2, 0.25) is 0 Å². The Kier molecular flexibility index (Phi) is 4.16. The molecule has 4 nitrogen and oxygen atoms in total. The van der Waals surface area contributed by atoms with Gasteiger partial charge < -0.3 is 0 Å². The van der Waals surface area contributed by atoms with Crippen LogP contribution in [0, 0.1) is 24.1 Å². The van der Waals surface area contributed by atoms with E-state index in [2.05, 4.69) is 4.72 Å². The zero-order valence-electron chi connectivity index (χ0n) is 10.9. The first-order valence-electron chi connectivity index (χ1n) is 5.82. The normalized spacial score (nSPS) is 11.0. The third kappa shape index (κ3) is 3.32. The quantitative estimate of drug-likeness (QED) is 0.940. The van der Waals surface area contributed by atoms with Crippen molar-refractivity contribution in [2.75, 3.05) is 4.72 Å². The molecule has 7 heteroatoms. The number of nitriles is 1. The molecule has 0 unspecified atom stereocenters. The molecule has 2 aromatic rings. The molecule has 1 N–H and O–H groups in total. The Morgan fingerprint density at radius 2 is 1.95 bits per heavy atom. The van der Waals surface area contributed by atoms with E-state index in [0.717, 1.165) is 12.1 Å². The summed E-state index contributed by atoms with van der Waals surface area (Å²) in [4.78, 5) is -0.0260. The van der Waals surface area contributed by atoms with Crippen LogP contribution in [-0.4, -0.2) is 8.42 Å². The number of aryl methyl sites for hydroxylation is 1. The molecule has 0 bridgehead atoms. The van der Waals surface area contributed by atoms with Crippen LogP contribution in [0.4, 0.5) is 10.1 Å². The summed E-state index contributed by atoms with van der Waals surface area (Å²) in [6.07, 6.45) is 0. The maximum absolute atomic E-state index is 13.0. The van der Waals surface area contributed by atoms with E-state index in [-0.39, 0.29) is 21.2 Å². The zero-order valence-corrected chi connectivity index (χ0v) is 12.5. The van der Waals surface area contributed by atoms with Crippen LogP contribution in [0.1, 0.15) is 11.1 Å². The average Bonchev–Trinajstić information content (AvgIpc) is 2.42. The molecule has 0 aromatic heterocycles. The van der Waals surface area contributed by atoms with Crippen molar-refractivity contribution in [3.8, 4) is 6.07 Å². The Morgan fingerprint density at radius 3 is 2.57 bits per heavy atom. The molecule has 0 amide bonds. The molecule has 0 aliphatic heterocycles. The molecule has 2 rings (SSSR count). The number of hydrogen-bond acceptors (Lipinski definition) is 3. The van der Waals surface area contributed by atoms with E-state index in [0.29, 0.717) is 5.56 Å². The summed E-state index contributed by atoms with van der Waals surface area (Å²) in [5, 5.41) is 8.81. The largest absolute Gasteiger partial charge is 0.278 e. The molecule has 0 saturated heterocycles. The number of anilines is 1. The van der Waals surface area contributed by atoms with Gasteiger partial charge in [-0.05, 0) is 42.8 Å². The fourth-order valence-corrected chi connectivity index (χ4v) is 3.35. The number of nitrogens with zero attached hydrogens (tertiary/aromatic N) is 1. The predicted octanol–water partition coefficient (Wildman–Crippen LogP) is 3.46.